The monoisotopic (exact) mass is 476 g/mol. The van der Waals surface area contributed by atoms with Gasteiger partial charge in [-0.15, -0.1) is 0 Å². The molecule has 2 nitrogen and oxygen atoms in total. The van der Waals surface area contributed by atoms with Crippen LogP contribution >= 0.6 is 0 Å². The first-order valence-corrected chi connectivity index (χ1v) is 13.2. The van der Waals surface area contributed by atoms with Crippen molar-refractivity contribution in [1.29, 1.82) is 0 Å². The van der Waals surface area contributed by atoms with E-state index in [9.17, 15) is 0 Å². The summed E-state index contributed by atoms with van der Waals surface area (Å²) in [4.78, 5) is 0. The minimum atomic E-state index is -0.140. The summed E-state index contributed by atoms with van der Waals surface area (Å²) < 4.78 is 5.18. The maximum Gasteiger partial charge on any atom is 0.0616 e. The highest BCUT2D eigenvalue weighted by Gasteiger charge is 2.47. The lowest BCUT2D eigenvalue weighted by molar-refractivity contribution is 0.671. The Bertz CT molecular complexity index is 1970. The Labute approximate surface area is 216 Å². The lowest BCUT2D eigenvalue weighted by Crippen LogP contribution is -2.39. The van der Waals surface area contributed by atoms with E-state index in [1.807, 2.05) is 0 Å². The topological polar surface area (TPSA) is 9.86 Å². The molecule has 3 heterocycles. The third-order valence-electron chi connectivity index (χ3n) is 8.61. The molecule has 37 heavy (non-hydrogen) atoms. The van der Waals surface area contributed by atoms with Crippen LogP contribution < -0.4 is 10.6 Å². The summed E-state index contributed by atoms with van der Waals surface area (Å²) in [5, 5.41) is 5.45. The molecule has 2 aliphatic rings. The number of hydrogen-bond donors (Lipinski definition) is 0. The third-order valence-corrected chi connectivity index (χ3v) is 8.61. The van der Waals surface area contributed by atoms with Gasteiger partial charge in [-0.1, -0.05) is 105 Å². The molecule has 0 bridgehead atoms. The predicted octanol–water partition coefficient (Wildman–Crippen LogP) is 7.12. The molecule has 0 N–H and O–H groups in total. The number of rotatable bonds is 2. The second-order valence-corrected chi connectivity index (χ2v) is 10.9. The first-order valence-electron chi connectivity index (χ1n) is 13.2. The molecule has 0 amide bonds. The standard InChI is InChI=1S/C35H28N2/c1-35(2)32-30(37-29-20-12-10-18-27(29)31(34(35)37)23-13-5-3-6-14-23)22-21-26-25-17-9-11-19-28(25)36(33(26)32)24-15-7-4-8-16-24/h3-21,30H,22H2,1-2H3. The van der Waals surface area contributed by atoms with Crippen LogP contribution in [0.1, 0.15) is 32.0 Å². The van der Waals surface area contributed by atoms with Crippen molar-refractivity contribution in [2.75, 3.05) is 0 Å². The second kappa shape index (κ2) is 7.36. The Morgan fingerprint density at radius 3 is 2.05 bits per heavy atom. The number of aromatic nitrogens is 2. The number of nitrogens with zero attached hydrogens (tertiary/aromatic N) is 2. The van der Waals surface area contributed by atoms with Crippen molar-refractivity contribution in [3.63, 3.8) is 0 Å². The molecule has 0 radical (unpaired) electrons. The summed E-state index contributed by atoms with van der Waals surface area (Å²) in [6.07, 6.45) is 3.50. The highest BCUT2D eigenvalue weighted by Crippen LogP contribution is 2.55. The fourth-order valence-electron chi connectivity index (χ4n) is 7.26. The average molecular weight is 477 g/mol. The number of hydrogen-bond acceptors (Lipinski definition) is 0. The molecule has 2 heteroatoms. The van der Waals surface area contributed by atoms with E-state index in [4.69, 9.17) is 0 Å². The van der Waals surface area contributed by atoms with E-state index in [-0.39, 0.29) is 5.41 Å². The van der Waals surface area contributed by atoms with E-state index in [2.05, 4.69) is 138 Å². The molecule has 1 aliphatic heterocycles. The van der Waals surface area contributed by atoms with Crippen LogP contribution in [-0.4, -0.2) is 9.13 Å². The van der Waals surface area contributed by atoms with Crippen LogP contribution in [0.25, 0.3) is 50.3 Å². The molecule has 6 aromatic rings. The lowest BCUT2D eigenvalue weighted by Gasteiger charge is -2.26. The first kappa shape index (κ1) is 20.8. The van der Waals surface area contributed by atoms with E-state index >= 15 is 0 Å². The van der Waals surface area contributed by atoms with Crippen molar-refractivity contribution in [2.24, 2.45) is 0 Å². The van der Waals surface area contributed by atoms with Crippen LogP contribution in [0.2, 0.25) is 0 Å². The summed E-state index contributed by atoms with van der Waals surface area (Å²) in [6, 6.07) is 40.0. The average Bonchev–Trinajstić information content (AvgIpc) is 3.54. The molecule has 0 spiro atoms. The predicted molar refractivity (Wildman–Crippen MR) is 154 cm³/mol. The van der Waals surface area contributed by atoms with Gasteiger partial charge in [0.05, 0.1) is 16.9 Å². The second-order valence-electron chi connectivity index (χ2n) is 10.9. The van der Waals surface area contributed by atoms with Crippen molar-refractivity contribution in [3.05, 3.63) is 125 Å². The van der Waals surface area contributed by atoms with Crippen LogP contribution in [0.5, 0.6) is 0 Å². The molecule has 0 fully saturated rings. The smallest absolute Gasteiger partial charge is 0.0616 e. The normalized spacial score (nSPS) is 17.5. The lowest BCUT2D eigenvalue weighted by atomic mass is 9.76. The van der Waals surface area contributed by atoms with Gasteiger partial charge in [0.15, 0.2) is 0 Å². The largest absolute Gasteiger partial charge is 0.335 e. The van der Waals surface area contributed by atoms with Crippen molar-refractivity contribution < 1.29 is 0 Å². The van der Waals surface area contributed by atoms with Gasteiger partial charge < -0.3 is 9.13 Å². The fourth-order valence-corrected chi connectivity index (χ4v) is 7.26. The van der Waals surface area contributed by atoms with Gasteiger partial charge in [-0.3, -0.25) is 0 Å². The summed E-state index contributed by atoms with van der Waals surface area (Å²) in [5.41, 5.74) is 9.35. The van der Waals surface area contributed by atoms with E-state index in [0.717, 1.165) is 6.42 Å². The van der Waals surface area contributed by atoms with Crippen molar-refractivity contribution in [1.82, 2.24) is 9.13 Å². The highest BCUT2D eigenvalue weighted by atomic mass is 15.1. The van der Waals surface area contributed by atoms with Gasteiger partial charge in [-0.2, -0.15) is 0 Å². The zero-order valence-corrected chi connectivity index (χ0v) is 21.1. The molecule has 4 aromatic carbocycles. The summed E-state index contributed by atoms with van der Waals surface area (Å²) >= 11 is 0. The molecule has 178 valence electrons. The minimum Gasteiger partial charge on any atom is -0.335 e. The van der Waals surface area contributed by atoms with Gasteiger partial charge in [0, 0.05) is 43.9 Å². The highest BCUT2D eigenvalue weighted by molar-refractivity contribution is 6.02. The summed E-state index contributed by atoms with van der Waals surface area (Å²) in [7, 11) is 0. The van der Waals surface area contributed by atoms with Crippen LogP contribution in [0, 0.1) is 0 Å². The molecular formula is C35H28N2. The molecule has 0 saturated heterocycles. The molecule has 1 aliphatic carbocycles. The minimum absolute atomic E-state index is 0.140. The van der Waals surface area contributed by atoms with Crippen molar-refractivity contribution >= 4 is 33.5 Å². The van der Waals surface area contributed by atoms with Gasteiger partial charge in [-0.05, 0) is 41.8 Å². The van der Waals surface area contributed by atoms with Gasteiger partial charge in [0.25, 0.3) is 0 Å². The molecule has 2 aromatic heterocycles. The van der Waals surface area contributed by atoms with E-state index in [0.29, 0.717) is 6.04 Å². The maximum atomic E-state index is 2.67. The van der Waals surface area contributed by atoms with E-state index in [1.54, 1.807) is 0 Å². The number of benzene rings is 4. The van der Waals surface area contributed by atoms with Gasteiger partial charge in [0.2, 0.25) is 0 Å². The van der Waals surface area contributed by atoms with Crippen LogP contribution in [0.15, 0.2) is 109 Å². The zero-order chi connectivity index (χ0) is 24.7. The zero-order valence-electron chi connectivity index (χ0n) is 21.1. The molecule has 1 unspecified atom stereocenters. The van der Waals surface area contributed by atoms with Gasteiger partial charge in [-0.25, -0.2) is 0 Å². The Balaban J connectivity index is 1.57. The van der Waals surface area contributed by atoms with Crippen molar-refractivity contribution in [3.8, 4) is 16.8 Å². The van der Waals surface area contributed by atoms with Gasteiger partial charge >= 0.3 is 0 Å². The molecule has 0 saturated carbocycles. The van der Waals surface area contributed by atoms with Gasteiger partial charge in [0.1, 0.15) is 0 Å². The maximum absolute atomic E-state index is 2.67. The Hall–Kier alpha value is -4.30. The molecule has 1 atom stereocenters. The summed E-state index contributed by atoms with van der Waals surface area (Å²) in [5.74, 6) is 0. The number of para-hydroxylation sites is 3. The summed E-state index contributed by atoms with van der Waals surface area (Å²) in [6.45, 7) is 4.89. The first-order chi connectivity index (χ1) is 18.2. The van der Waals surface area contributed by atoms with Crippen LogP contribution in [-0.2, 0) is 5.41 Å². The van der Waals surface area contributed by atoms with E-state index in [1.165, 1.54) is 60.5 Å². The third kappa shape index (κ3) is 2.65. The Morgan fingerprint density at radius 2 is 1.30 bits per heavy atom. The Kier molecular flexibility index (Phi) is 4.15. The molecule has 8 rings (SSSR count). The van der Waals surface area contributed by atoms with Crippen molar-refractivity contribution in [2.45, 2.75) is 31.7 Å². The fraction of sp³-hybridized carbons (Fsp3) is 0.143. The number of fused-ring (bicyclic) bond motifs is 8. The van der Waals surface area contributed by atoms with Crippen LogP contribution in [0.4, 0.5) is 0 Å². The van der Waals surface area contributed by atoms with Crippen LogP contribution in [0.3, 0.4) is 0 Å². The quantitative estimate of drug-likeness (QED) is 0.252. The SMILES string of the molecule is CC1(C)C2=c3c(c4ccccc4n3-c3ccccc3)=CCC2n2c1c(-c1ccccc1)c1ccccc12. The Morgan fingerprint density at radius 1 is 0.676 bits per heavy atom. The van der Waals surface area contributed by atoms with E-state index < -0.39 is 0 Å². The molecular weight excluding hydrogens is 448 g/mol.